The molecule has 7 heteroatoms. The molecule has 0 aliphatic carbocycles. The molecule has 1 aliphatic rings. The van der Waals surface area contributed by atoms with Crippen molar-refractivity contribution in [2.45, 2.75) is 45.7 Å². The SMILES string of the molecule is CC(C)C[C@@H](NC(=O)Cc1cccc(O)c1)c1nnc2n1CCNCC2. The lowest BCUT2D eigenvalue weighted by Gasteiger charge is -2.21. The highest BCUT2D eigenvalue weighted by Crippen LogP contribution is 2.22. The fourth-order valence-electron chi connectivity index (χ4n) is 3.35. The van der Waals surface area contributed by atoms with Gasteiger partial charge in [-0.3, -0.25) is 4.79 Å². The molecule has 3 N–H and O–H groups in total. The van der Waals surface area contributed by atoms with Gasteiger partial charge in [0.1, 0.15) is 11.6 Å². The number of phenols is 1. The molecular formula is C19H27N5O2. The summed E-state index contributed by atoms with van der Waals surface area (Å²) in [5.41, 5.74) is 0.787. The van der Waals surface area contributed by atoms with Gasteiger partial charge in [0.25, 0.3) is 0 Å². The average molecular weight is 357 g/mol. The number of phenolic OH excluding ortho intramolecular Hbond substituents is 1. The first-order valence-electron chi connectivity index (χ1n) is 9.23. The van der Waals surface area contributed by atoms with E-state index < -0.39 is 0 Å². The fraction of sp³-hybridized carbons (Fsp3) is 0.526. The predicted octanol–water partition coefficient (Wildman–Crippen LogP) is 1.58. The molecular weight excluding hydrogens is 330 g/mol. The number of hydrogen-bond donors (Lipinski definition) is 3. The second-order valence-electron chi connectivity index (χ2n) is 7.22. The molecule has 140 valence electrons. The van der Waals surface area contributed by atoms with Crippen LogP contribution in [0, 0.1) is 5.92 Å². The Balaban J connectivity index is 1.76. The number of aromatic hydroxyl groups is 1. The first-order valence-corrected chi connectivity index (χ1v) is 9.23. The van der Waals surface area contributed by atoms with Crippen LogP contribution in [-0.4, -0.2) is 38.9 Å². The number of rotatable bonds is 6. The van der Waals surface area contributed by atoms with E-state index in [4.69, 9.17) is 0 Å². The summed E-state index contributed by atoms with van der Waals surface area (Å²) in [5.74, 6) is 2.32. The maximum Gasteiger partial charge on any atom is 0.225 e. The van der Waals surface area contributed by atoms with Crippen LogP contribution in [0.25, 0.3) is 0 Å². The van der Waals surface area contributed by atoms with Gasteiger partial charge in [0.15, 0.2) is 5.82 Å². The van der Waals surface area contributed by atoms with Crippen molar-refractivity contribution < 1.29 is 9.90 Å². The molecule has 1 aliphatic heterocycles. The Labute approximate surface area is 153 Å². The molecule has 0 saturated heterocycles. The largest absolute Gasteiger partial charge is 0.508 e. The summed E-state index contributed by atoms with van der Waals surface area (Å²) in [7, 11) is 0. The van der Waals surface area contributed by atoms with Gasteiger partial charge in [0, 0.05) is 26.1 Å². The van der Waals surface area contributed by atoms with Crippen molar-refractivity contribution in [3.05, 3.63) is 41.5 Å². The van der Waals surface area contributed by atoms with Gasteiger partial charge in [0.2, 0.25) is 5.91 Å². The van der Waals surface area contributed by atoms with Crippen LogP contribution in [0.3, 0.4) is 0 Å². The molecule has 0 fully saturated rings. The van der Waals surface area contributed by atoms with E-state index in [2.05, 4.69) is 39.2 Å². The van der Waals surface area contributed by atoms with Crippen LogP contribution in [-0.2, 0) is 24.2 Å². The van der Waals surface area contributed by atoms with Crippen molar-refractivity contribution in [3.63, 3.8) is 0 Å². The van der Waals surface area contributed by atoms with Crippen LogP contribution in [0.4, 0.5) is 0 Å². The van der Waals surface area contributed by atoms with Crippen molar-refractivity contribution in [2.75, 3.05) is 13.1 Å². The summed E-state index contributed by atoms with van der Waals surface area (Å²) in [5, 5.41) is 24.8. The van der Waals surface area contributed by atoms with Crippen molar-refractivity contribution in [3.8, 4) is 5.75 Å². The van der Waals surface area contributed by atoms with Gasteiger partial charge in [-0.05, 0) is 30.0 Å². The van der Waals surface area contributed by atoms with Crippen molar-refractivity contribution in [2.24, 2.45) is 5.92 Å². The van der Waals surface area contributed by atoms with Crippen LogP contribution in [0.1, 0.15) is 43.5 Å². The van der Waals surface area contributed by atoms with E-state index >= 15 is 0 Å². The molecule has 1 amide bonds. The third-order valence-corrected chi connectivity index (χ3v) is 4.52. The van der Waals surface area contributed by atoms with Gasteiger partial charge in [-0.25, -0.2) is 0 Å². The molecule has 26 heavy (non-hydrogen) atoms. The van der Waals surface area contributed by atoms with E-state index in [0.29, 0.717) is 5.92 Å². The maximum atomic E-state index is 12.6. The third kappa shape index (κ3) is 4.60. The first-order chi connectivity index (χ1) is 12.5. The molecule has 1 aromatic carbocycles. The van der Waals surface area contributed by atoms with Gasteiger partial charge in [0.05, 0.1) is 12.5 Å². The van der Waals surface area contributed by atoms with Crippen LogP contribution >= 0.6 is 0 Å². The minimum atomic E-state index is -0.167. The van der Waals surface area contributed by atoms with E-state index in [1.54, 1.807) is 18.2 Å². The standard InChI is InChI=1S/C19H27N5O2/c1-13(2)10-16(19-23-22-17-6-7-20-8-9-24(17)19)21-18(26)12-14-4-3-5-15(25)11-14/h3-5,11,13,16,20,25H,6-10,12H2,1-2H3,(H,21,26)/t16-/m1/s1. The van der Waals surface area contributed by atoms with Gasteiger partial charge < -0.3 is 20.3 Å². The van der Waals surface area contributed by atoms with E-state index in [0.717, 1.165) is 49.7 Å². The molecule has 1 aromatic heterocycles. The molecule has 2 heterocycles. The third-order valence-electron chi connectivity index (χ3n) is 4.52. The summed E-state index contributed by atoms with van der Waals surface area (Å²) >= 11 is 0. The zero-order chi connectivity index (χ0) is 18.5. The lowest BCUT2D eigenvalue weighted by molar-refractivity contribution is -0.121. The number of amides is 1. The summed E-state index contributed by atoms with van der Waals surface area (Å²) in [4.78, 5) is 12.6. The van der Waals surface area contributed by atoms with Crippen LogP contribution in [0.2, 0.25) is 0 Å². The topological polar surface area (TPSA) is 92.1 Å². The Morgan fingerprint density at radius 2 is 2.19 bits per heavy atom. The number of fused-ring (bicyclic) bond motifs is 1. The highest BCUT2D eigenvalue weighted by atomic mass is 16.3. The predicted molar refractivity (Wildman–Crippen MR) is 98.7 cm³/mol. The molecule has 0 saturated carbocycles. The number of benzene rings is 1. The van der Waals surface area contributed by atoms with Gasteiger partial charge in [-0.2, -0.15) is 0 Å². The molecule has 2 aromatic rings. The number of carbonyl (C=O) groups excluding carboxylic acids is 1. The second kappa shape index (κ2) is 8.31. The summed E-state index contributed by atoms with van der Waals surface area (Å²) in [6.45, 7) is 6.86. The quantitative estimate of drug-likeness (QED) is 0.730. The Bertz CT molecular complexity index is 756. The summed E-state index contributed by atoms with van der Waals surface area (Å²) < 4.78 is 2.14. The minimum Gasteiger partial charge on any atom is -0.508 e. The van der Waals surface area contributed by atoms with Crippen LogP contribution in [0.15, 0.2) is 24.3 Å². The first kappa shape index (κ1) is 18.4. The van der Waals surface area contributed by atoms with Gasteiger partial charge >= 0.3 is 0 Å². The van der Waals surface area contributed by atoms with E-state index in [-0.39, 0.29) is 24.1 Å². The number of carbonyl (C=O) groups is 1. The van der Waals surface area contributed by atoms with Gasteiger partial charge in [-0.15, -0.1) is 10.2 Å². The highest BCUT2D eigenvalue weighted by Gasteiger charge is 2.24. The zero-order valence-corrected chi connectivity index (χ0v) is 15.4. The van der Waals surface area contributed by atoms with Gasteiger partial charge in [-0.1, -0.05) is 26.0 Å². The molecule has 0 radical (unpaired) electrons. The molecule has 1 atom stereocenters. The van der Waals surface area contributed by atoms with E-state index in [1.807, 2.05) is 6.07 Å². The summed E-state index contributed by atoms with van der Waals surface area (Å²) in [6, 6.07) is 6.63. The van der Waals surface area contributed by atoms with Crippen LogP contribution < -0.4 is 10.6 Å². The molecule has 0 unspecified atom stereocenters. The average Bonchev–Trinajstić information content (AvgIpc) is 2.82. The van der Waals surface area contributed by atoms with E-state index in [1.165, 1.54) is 0 Å². The maximum absolute atomic E-state index is 12.6. The fourth-order valence-corrected chi connectivity index (χ4v) is 3.35. The Morgan fingerprint density at radius 1 is 1.35 bits per heavy atom. The Morgan fingerprint density at radius 3 is 2.96 bits per heavy atom. The molecule has 7 nitrogen and oxygen atoms in total. The number of nitrogens with one attached hydrogen (secondary N) is 2. The molecule has 0 bridgehead atoms. The van der Waals surface area contributed by atoms with Crippen molar-refractivity contribution in [1.29, 1.82) is 0 Å². The van der Waals surface area contributed by atoms with Crippen molar-refractivity contribution in [1.82, 2.24) is 25.4 Å². The molecule has 0 spiro atoms. The van der Waals surface area contributed by atoms with Crippen molar-refractivity contribution >= 4 is 5.91 Å². The Kier molecular flexibility index (Phi) is 5.88. The highest BCUT2D eigenvalue weighted by molar-refractivity contribution is 5.79. The lowest BCUT2D eigenvalue weighted by Crippen LogP contribution is -2.33. The van der Waals surface area contributed by atoms with Crippen LogP contribution in [0.5, 0.6) is 5.75 Å². The number of nitrogens with zero attached hydrogens (tertiary/aromatic N) is 3. The number of hydrogen-bond acceptors (Lipinski definition) is 5. The zero-order valence-electron chi connectivity index (χ0n) is 15.4. The van der Waals surface area contributed by atoms with E-state index in [9.17, 15) is 9.90 Å². The normalized spacial score (nSPS) is 15.3. The minimum absolute atomic E-state index is 0.0784. The Hall–Kier alpha value is -2.41. The monoisotopic (exact) mass is 357 g/mol. The number of aromatic nitrogens is 3. The second-order valence-corrected chi connectivity index (χ2v) is 7.22. The summed E-state index contributed by atoms with van der Waals surface area (Å²) in [6.07, 6.45) is 1.88. The molecule has 3 rings (SSSR count). The smallest absolute Gasteiger partial charge is 0.225 e. The lowest BCUT2D eigenvalue weighted by atomic mass is 10.0.